The maximum Gasteiger partial charge on any atom is 0.282 e. The van der Waals surface area contributed by atoms with Gasteiger partial charge in [0.2, 0.25) is 0 Å². The van der Waals surface area contributed by atoms with Gasteiger partial charge >= 0.3 is 0 Å². The summed E-state index contributed by atoms with van der Waals surface area (Å²) in [6.45, 7) is 4.21. The van der Waals surface area contributed by atoms with Gasteiger partial charge < -0.3 is 23.8 Å². The molecule has 0 amide bonds. The van der Waals surface area contributed by atoms with E-state index in [4.69, 9.17) is 18.9 Å². The number of nitrogens with zero attached hydrogens (tertiary/aromatic N) is 5. The average molecular weight is 606 g/mol. The highest BCUT2D eigenvalue weighted by Gasteiger charge is 2.44. The third-order valence-electron chi connectivity index (χ3n) is 7.57. The van der Waals surface area contributed by atoms with Crippen molar-refractivity contribution in [2.45, 2.75) is 18.8 Å². The molecule has 230 valence electrons. The summed E-state index contributed by atoms with van der Waals surface area (Å²) < 4.78 is 49.7. The molecule has 2 saturated heterocycles. The summed E-state index contributed by atoms with van der Waals surface area (Å²) in [6.07, 6.45) is 5.56. The minimum absolute atomic E-state index is 0.0114. The largest absolute Gasteiger partial charge is 0.493 e. The number of pyridine rings is 3. The van der Waals surface area contributed by atoms with Crippen molar-refractivity contribution in [1.82, 2.24) is 19.9 Å². The summed E-state index contributed by atoms with van der Waals surface area (Å²) in [5.41, 5.74) is 1.98. The smallest absolute Gasteiger partial charge is 0.282 e. The molecule has 0 radical (unpaired) electrons. The Morgan fingerprint density at radius 3 is 2.55 bits per heavy atom. The summed E-state index contributed by atoms with van der Waals surface area (Å²) in [4.78, 5) is 29.8. The van der Waals surface area contributed by atoms with E-state index in [1.54, 1.807) is 49.8 Å². The molecule has 4 aromatic rings. The molecule has 0 aliphatic carbocycles. The predicted molar refractivity (Wildman–Crippen MR) is 159 cm³/mol. The fraction of sp³-hybridized carbons (Fsp3) is 0.375. The quantitative estimate of drug-likeness (QED) is 0.165. The van der Waals surface area contributed by atoms with Gasteiger partial charge in [-0.1, -0.05) is 0 Å². The predicted octanol–water partition coefficient (Wildman–Crippen LogP) is 4.81. The van der Waals surface area contributed by atoms with Gasteiger partial charge in [0.1, 0.15) is 17.2 Å². The number of fused-ring (bicyclic) bond motifs is 1. The number of ether oxygens (including phenoxy) is 4. The van der Waals surface area contributed by atoms with Gasteiger partial charge in [-0.3, -0.25) is 24.6 Å². The first kappa shape index (κ1) is 29.6. The van der Waals surface area contributed by atoms with Gasteiger partial charge in [-0.25, -0.2) is 8.78 Å². The van der Waals surface area contributed by atoms with Gasteiger partial charge in [0.05, 0.1) is 58.2 Å². The molecule has 0 spiro atoms. The van der Waals surface area contributed by atoms with Gasteiger partial charge in [0, 0.05) is 54.9 Å². The Balaban J connectivity index is 1.08. The number of hydrogen-bond acceptors (Lipinski definition) is 10. The fourth-order valence-corrected chi connectivity index (χ4v) is 5.21. The molecule has 2 aliphatic rings. The molecule has 3 aromatic heterocycles. The molecule has 1 aromatic carbocycles. The van der Waals surface area contributed by atoms with E-state index in [1.807, 2.05) is 12.1 Å². The highest BCUT2D eigenvalue weighted by molar-refractivity contribution is 5.96. The number of alkyl halides is 2. The van der Waals surface area contributed by atoms with Gasteiger partial charge in [0.15, 0.2) is 17.3 Å². The van der Waals surface area contributed by atoms with Crippen molar-refractivity contribution in [3.8, 4) is 23.0 Å². The van der Waals surface area contributed by atoms with E-state index in [0.29, 0.717) is 46.5 Å². The highest BCUT2D eigenvalue weighted by Crippen LogP contribution is 2.37. The molecule has 0 unspecified atom stereocenters. The van der Waals surface area contributed by atoms with Crippen molar-refractivity contribution < 1.29 is 32.5 Å². The molecule has 0 N–H and O–H groups in total. The van der Waals surface area contributed by atoms with Crippen molar-refractivity contribution in [1.29, 1.82) is 0 Å². The lowest BCUT2D eigenvalue weighted by Crippen LogP contribution is -2.56. The zero-order valence-corrected chi connectivity index (χ0v) is 24.4. The van der Waals surface area contributed by atoms with Crippen LogP contribution in [0.3, 0.4) is 0 Å². The second-order valence-electron chi connectivity index (χ2n) is 10.8. The Kier molecular flexibility index (Phi) is 8.80. The van der Waals surface area contributed by atoms with Crippen LogP contribution in [0, 0.1) is 0 Å². The number of aromatic nitrogens is 3. The van der Waals surface area contributed by atoms with Gasteiger partial charge in [-0.15, -0.1) is 0 Å². The zero-order valence-electron chi connectivity index (χ0n) is 24.4. The standard InChI is InChI=1S/C32H33F2N5O5/c1-41-30-17-25-26(18-31(30)43-12-2-9-38-10-13-42-14-11-38)35-8-6-29(25)44-24-4-3-22(37-19-24)15-28(40)27-16-23(5-7-36-27)39-20-32(33,34)21-39/h3-8,16-19H,2,9-15,20-21H2,1H3. The van der Waals surface area contributed by atoms with Crippen molar-refractivity contribution >= 4 is 22.4 Å². The molecule has 44 heavy (non-hydrogen) atoms. The number of morpholine rings is 1. The Labute approximate surface area is 253 Å². The number of ketones is 1. The molecule has 5 heterocycles. The molecule has 0 atom stereocenters. The van der Waals surface area contributed by atoms with Crippen LogP contribution in [0.15, 0.2) is 61.1 Å². The van der Waals surface area contributed by atoms with Crippen LogP contribution in [0.1, 0.15) is 22.6 Å². The Morgan fingerprint density at radius 1 is 0.977 bits per heavy atom. The van der Waals surface area contributed by atoms with E-state index in [1.165, 1.54) is 11.1 Å². The van der Waals surface area contributed by atoms with E-state index < -0.39 is 5.92 Å². The van der Waals surface area contributed by atoms with Crippen LogP contribution in [0.2, 0.25) is 0 Å². The number of anilines is 1. The van der Waals surface area contributed by atoms with E-state index in [-0.39, 0.29) is 31.0 Å². The maximum atomic E-state index is 13.3. The van der Waals surface area contributed by atoms with Crippen molar-refractivity contribution in [2.75, 3.05) is 64.6 Å². The number of benzene rings is 1. The summed E-state index contributed by atoms with van der Waals surface area (Å²) in [5, 5.41) is 0.746. The third-order valence-corrected chi connectivity index (χ3v) is 7.57. The van der Waals surface area contributed by atoms with Gasteiger partial charge in [0.25, 0.3) is 5.92 Å². The second kappa shape index (κ2) is 13.1. The number of methoxy groups -OCH3 is 1. The lowest BCUT2D eigenvalue weighted by molar-refractivity contribution is -0.0262. The normalized spacial score (nSPS) is 16.4. The third kappa shape index (κ3) is 7.03. The minimum Gasteiger partial charge on any atom is -0.493 e. The topological polar surface area (TPSA) is 99.1 Å². The molecule has 2 aliphatic heterocycles. The highest BCUT2D eigenvalue weighted by atomic mass is 19.3. The average Bonchev–Trinajstić information content (AvgIpc) is 3.03. The molecule has 0 bridgehead atoms. The monoisotopic (exact) mass is 605 g/mol. The van der Waals surface area contributed by atoms with E-state index in [0.717, 1.165) is 44.7 Å². The molecule has 0 saturated carbocycles. The van der Waals surface area contributed by atoms with Gasteiger partial charge in [-0.05, 0) is 42.8 Å². The molecular weight excluding hydrogens is 572 g/mol. The lowest BCUT2D eigenvalue weighted by atomic mass is 10.1. The molecule has 2 fully saturated rings. The first-order valence-electron chi connectivity index (χ1n) is 14.5. The summed E-state index contributed by atoms with van der Waals surface area (Å²) in [7, 11) is 1.60. The Hall–Kier alpha value is -4.42. The number of carbonyl (C=O) groups is 1. The SMILES string of the molecule is COc1cc2c(Oc3ccc(CC(=O)c4cc(N5CC(F)(F)C5)ccn4)nc3)ccnc2cc1OCCCN1CCOCC1. The number of rotatable bonds is 12. The Bertz CT molecular complexity index is 1610. The van der Waals surface area contributed by atoms with Crippen molar-refractivity contribution in [3.63, 3.8) is 0 Å². The minimum atomic E-state index is -2.70. The molecule has 12 heteroatoms. The van der Waals surface area contributed by atoms with Crippen molar-refractivity contribution in [3.05, 3.63) is 72.4 Å². The Morgan fingerprint density at radius 2 is 1.80 bits per heavy atom. The second-order valence-corrected chi connectivity index (χ2v) is 10.8. The summed E-state index contributed by atoms with van der Waals surface area (Å²) >= 11 is 0. The number of hydrogen-bond donors (Lipinski definition) is 0. The maximum absolute atomic E-state index is 13.3. The molecule has 6 rings (SSSR count). The summed E-state index contributed by atoms with van der Waals surface area (Å²) in [6, 6.07) is 12.1. The fourth-order valence-electron chi connectivity index (χ4n) is 5.21. The van der Waals surface area contributed by atoms with E-state index in [2.05, 4.69) is 19.9 Å². The first-order chi connectivity index (χ1) is 21.4. The van der Waals surface area contributed by atoms with Gasteiger partial charge in [-0.2, -0.15) is 0 Å². The van der Waals surface area contributed by atoms with Crippen LogP contribution < -0.4 is 19.1 Å². The summed E-state index contributed by atoms with van der Waals surface area (Å²) in [5.74, 6) is -0.715. The van der Waals surface area contributed by atoms with Crippen LogP contribution in [-0.4, -0.2) is 91.2 Å². The van der Waals surface area contributed by atoms with E-state index >= 15 is 0 Å². The zero-order chi connectivity index (χ0) is 30.5. The van der Waals surface area contributed by atoms with Crippen LogP contribution in [0.25, 0.3) is 10.9 Å². The number of Topliss-reactive ketones (excluding diaryl/α,β-unsaturated/α-hetero) is 1. The van der Waals surface area contributed by atoms with Crippen LogP contribution in [0.5, 0.6) is 23.0 Å². The lowest BCUT2D eigenvalue weighted by Gasteiger charge is -2.40. The first-order valence-corrected chi connectivity index (χ1v) is 14.5. The molecular formula is C32H33F2N5O5. The van der Waals surface area contributed by atoms with Crippen LogP contribution >= 0.6 is 0 Å². The van der Waals surface area contributed by atoms with E-state index in [9.17, 15) is 13.6 Å². The number of carbonyl (C=O) groups excluding carboxylic acids is 1. The van der Waals surface area contributed by atoms with Crippen LogP contribution in [0.4, 0.5) is 14.5 Å². The molecule has 10 nitrogen and oxygen atoms in total. The van der Waals surface area contributed by atoms with Crippen LogP contribution in [-0.2, 0) is 11.2 Å². The van der Waals surface area contributed by atoms with Crippen molar-refractivity contribution in [2.24, 2.45) is 0 Å². The number of halogens is 2.